The smallest absolute Gasteiger partial charge is 0.328 e. The maximum atomic E-state index is 13.2. The normalized spacial score (nSPS) is 16.2. The lowest BCUT2D eigenvalue weighted by Gasteiger charge is -2.29. The third kappa shape index (κ3) is 9.82. The molecule has 202 valence electrons. The van der Waals surface area contributed by atoms with Crippen molar-refractivity contribution in [3.63, 3.8) is 0 Å². The van der Waals surface area contributed by atoms with Gasteiger partial charge in [-0.3, -0.25) is 14.4 Å². The van der Waals surface area contributed by atoms with E-state index in [-0.39, 0.29) is 30.4 Å². The second-order valence-electron chi connectivity index (χ2n) is 9.60. The highest BCUT2D eigenvalue weighted by atomic mass is 16.4. The highest BCUT2D eigenvalue weighted by Gasteiger charge is 2.34. The van der Waals surface area contributed by atoms with E-state index in [1.54, 1.807) is 19.1 Å². The number of benzene rings is 1. The van der Waals surface area contributed by atoms with Crippen molar-refractivity contribution in [3.8, 4) is 5.75 Å². The zero-order valence-electron chi connectivity index (χ0n) is 21.5. The number of amides is 3. The summed E-state index contributed by atoms with van der Waals surface area (Å²) in [5, 5.41) is 36.0. The molecule has 0 radical (unpaired) electrons. The van der Waals surface area contributed by atoms with E-state index in [2.05, 4.69) is 16.0 Å². The summed E-state index contributed by atoms with van der Waals surface area (Å²) < 4.78 is 0. The molecule has 6 atom stereocenters. The third-order valence-electron chi connectivity index (χ3n) is 5.91. The van der Waals surface area contributed by atoms with Crippen LogP contribution in [0.3, 0.4) is 0 Å². The number of aliphatic hydroxyl groups excluding tert-OH is 1. The highest BCUT2D eigenvalue weighted by molar-refractivity contribution is 5.94. The molecule has 0 aliphatic carbocycles. The van der Waals surface area contributed by atoms with Gasteiger partial charge in [0.25, 0.3) is 0 Å². The average Bonchev–Trinajstić information content (AvgIpc) is 2.80. The summed E-state index contributed by atoms with van der Waals surface area (Å²) in [6.45, 7) is 8.54. The van der Waals surface area contributed by atoms with E-state index in [9.17, 15) is 34.5 Å². The number of phenolic OH excluding ortho intramolecular Hbond substituents is 1. The predicted octanol–water partition coefficient (Wildman–Crippen LogP) is 0.274. The lowest BCUT2D eigenvalue weighted by Crippen LogP contribution is -2.60. The van der Waals surface area contributed by atoms with Crippen molar-refractivity contribution in [2.45, 2.75) is 84.2 Å². The molecule has 0 saturated heterocycles. The van der Waals surface area contributed by atoms with E-state index in [4.69, 9.17) is 5.73 Å². The van der Waals surface area contributed by atoms with Crippen LogP contribution in [0.2, 0.25) is 0 Å². The van der Waals surface area contributed by atoms with Crippen LogP contribution in [0, 0.1) is 11.8 Å². The van der Waals surface area contributed by atoms with Crippen molar-refractivity contribution in [1.82, 2.24) is 16.0 Å². The van der Waals surface area contributed by atoms with Gasteiger partial charge in [-0.05, 0) is 49.3 Å². The van der Waals surface area contributed by atoms with E-state index in [0.717, 1.165) is 5.56 Å². The lowest BCUT2D eigenvalue weighted by molar-refractivity contribution is -0.145. The molecule has 36 heavy (non-hydrogen) atoms. The Morgan fingerprint density at radius 1 is 0.889 bits per heavy atom. The first-order valence-corrected chi connectivity index (χ1v) is 12.1. The summed E-state index contributed by atoms with van der Waals surface area (Å²) in [5.41, 5.74) is 6.78. The third-order valence-corrected chi connectivity index (χ3v) is 5.91. The number of rotatable bonds is 14. The number of nitrogens with two attached hydrogens (primary N) is 1. The molecular weight excluding hydrogens is 468 g/mol. The Hall–Kier alpha value is -3.18. The van der Waals surface area contributed by atoms with Crippen LogP contribution in [0.25, 0.3) is 0 Å². The molecule has 1 rings (SSSR count). The molecule has 0 heterocycles. The Kier molecular flexibility index (Phi) is 12.3. The van der Waals surface area contributed by atoms with Gasteiger partial charge in [-0.2, -0.15) is 0 Å². The van der Waals surface area contributed by atoms with Crippen LogP contribution < -0.4 is 21.7 Å². The SMILES string of the molecule is CCC(C)C(NC(=O)C(CC(C)C)NC(=O)C(N)Cc1ccc(O)cc1)C(=O)NC(C(=O)O)C(C)O. The molecule has 11 heteroatoms. The number of phenols is 1. The van der Waals surface area contributed by atoms with Crippen LogP contribution in [0.5, 0.6) is 5.75 Å². The molecule has 1 aromatic carbocycles. The minimum Gasteiger partial charge on any atom is -0.508 e. The standard InChI is InChI=1S/C25H40N4O7/c1-6-14(4)20(24(34)29-21(15(5)30)25(35)36)28-23(33)19(11-13(2)3)27-22(32)18(26)12-16-7-9-17(31)10-8-16/h7-10,13-15,18-21,30-31H,6,11-12,26H2,1-5H3,(H,27,32)(H,28,33)(H,29,34)(H,35,36). The summed E-state index contributed by atoms with van der Waals surface area (Å²) in [5.74, 6) is -3.54. The first-order valence-electron chi connectivity index (χ1n) is 12.1. The molecule has 3 amide bonds. The molecule has 11 nitrogen and oxygen atoms in total. The van der Waals surface area contributed by atoms with Gasteiger partial charge in [0, 0.05) is 0 Å². The van der Waals surface area contributed by atoms with Gasteiger partial charge in [-0.25, -0.2) is 4.79 Å². The average molecular weight is 509 g/mol. The Labute approximate surface area is 211 Å². The second-order valence-corrected chi connectivity index (χ2v) is 9.60. The number of aromatic hydroxyl groups is 1. The number of carbonyl (C=O) groups is 4. The molecule has 0 aliphatic heterocycles. The van der Waals surface area contributed by atoms with Crippen LogP contribution in [0.1, 0.15) is 53.0 Å². The molecule has 0 saturated carbocycles. The number of carbonyl (C=O) groups excluding carboxylic acids is 3. The van der Waals surface area contributed by atoms with Gasteiger partial charge >= 0.3 is 5.97 Å². The number of carboxylic acids is 1. The first-order chi connectivity index (χ1) is 16.8. The van der Waals surface area contributed by atoms with Crippen molar-refractivity contribution < 1.29 is 34.5 Å². The quantitative estimate of drug-likeness (QED) is 0.186. The molecule has 8 N–H and O–H groups in total. The zero-order valence-corrected chi connectivity index (χ0v) is 21.5. The van der Waals surface area contributed by atoms with Crippen LogP contribution in [0.15, 0.2) is 24.3 Å². The predicted molar refractivity (Wildman–Crippen MR) is 134 cm³/mol. The van der Waals surface area contributed by atoms with Crippen molar-refractivity contribution >= 4 is 23.7 Å². The second kappa shape index (κ2) is 14.4. The fraction of sp³-hybridized carbons (Fsp3) is 0.600. The molecule has 1 aromatic rings. The fourth-order valence-corrected chi connectivity index (χ4v) is 3.55. The molecule has 0 spiro atoms. The molecule has 0 aromatic heterocycles. The zero-order chi connectivity index (χ0) is 27.6. The highest BCUT2D eigenvalue weighted by Crippen LogP contribution is 2.13. The van der Waals surface area contributed by atoms with Crippen molar-refractivity contribution in [1.29, 1.82) is 0 Å². The van der Waals surface area contributed by atoms with E-state index in [1.165, 1.54) is 19.1 Å². The van der Waals surface area contributed by atoms with E-state index in [1.807, 2.05) is 20.8 Å². The van der Waals surface area contributed by atoms with E-state index < -0.39 is 54.0 Å². The monoisotopic (exact) mass is 508 g/mol. The van der Waals surface area contributed by atoms with Gasteiger partial charge in [-0.1, -0.05) is 46.2 Å². The molecule has 0 bridgehead atoms. The summed E-state index contributed by atoms with van der Waals surface area (Å²) in [4.78, 5) is 50.2. The topological polar surface area (TPSA) is 191 Å². The van der Waals surface area contributed by atoms with Crippen LogP contribution in [-0.2, 0) is 25.6 Å². The first kappa shape index (κ1) is 30.9. The number of aliphatic hydroxyl groups is 1. The number of hydrogen-bond acceptors (Lipinski definition) is 7. The maximum Gasteiger partial charge on any atom is 0.328 e. The molecule has 6 unspecified atom stereocenters. The van der Waals surface area contributed by atoms with Gasteiger partial charge in [0.1, 0.15) is 17.8 Å². The van der Waals surface area contributed by atoms with Crippen LogP contribution in [0.4, 0.5) is 0 Å². The minimum atomic E-state index is -1.54. The Balaban J connectivity index is 2.99. The number of aliphatic carboxylic acids is 1. The van der Waals surface area contributed by atoms with Gasteiger partial charge < -0.3 is 37.0 Å². The Morgan fingerprint density at radius 2 is 1.44 bits per heavy atom. The number of hydrogen-bond donors (Lipinski definition) is 7. The summed E-state index contributed by atoms with van der Waals surface area (Å²) in [7, 11) is 0. The number of carboxylic acid groups (broad SMARTS) is 1. The van der Waals surface area contributed by atoms with Crippen LogP contribution in [-0.4, -0.2) is 69.3 Å². The van der Waals surface area contributed by atoms with Crippen molar-refractivity contribution in [2.75, 3.05) is 0 Å². The van der Waals surface area contributed by atoms with Crippen molar-refractivity contribution in [2.24, 2.45) is 17.6 Å². The van der Waals surface area contributed by atoms with Gasteiger partial charge in [0.2, 0.25) is 17.7 Å². The summed E-state index contributed by atoms with van der Waals surface area (Å²) >= 11 is 0. The molecule has 0 fully saturated rings. The van der Waals surface area contributed by atoms with E-state index >= 15 is 0 Å². The molecule has 0 aliphatic rings. The Bertz CT molecular complexity index is 889. The Morgan fingerprint density at radius 3 is 1.92 bits per heavy atom. The fourth-order valence-electron chi connectivity index (χ4n) is 3.55. The number of nitrogens with one attached hydrogen (secondary N) is 3. The summed E-state index contributed by atoms with van der Waals surface area (Å²) in [6.07, 6.45) is -0.369. The summed E-state index contributed by atoms with van der Waals surface area (Å²) in [6, 6.07) is 1.72. The minimum absolute atomic E-state index is 0.0249. The maximum absolute atomic E-state index is 13.2. The van der Waals surface area contributed by atoms with Crippen LogP contribution >= 0.6 is 0 Å². The largest absolute Gasteiger partial charge is 0.508 e. The lowest BCUT2D eigenvalue weighted by atomic mass is 9.96. The van der Waals surface area contributed by atoms with Gasteiger partial charge in [0.15, 0.2) is 6.04 Å². The van der Waals surface area contributed by atoms with Gasteiger partial charge in [-0.15, -0.1) is 0 Å². The van der Waals surface area contributed by atoms with Crippen molar-refractivity contribution in [3.05, 3.63) is 29.8 Å². The van der Waals surface area contributed by atoms with Gasteiger partial charge in [0.05, 0.1) is 12.1 Å². The van der Waals surface area contributed by atoms with E-state index in [0.29, 0.717) is 6.42 Å². The molecular formula is C25H40N4O7.